The van der Waals surface area contributed by atoms with E-state index in [2.05, 4.69) is 24.1 Å². The Kier molecular flexibility index (Phi) is 5.40. The van der Waals surface area contributed by atoms with Crippen LogP contribution in [-0.4, -0.2) is 47.7 Å². The number of hydrogen-bond donors (Lipinski definition) is 2. The highest BCUT2D eigenvalue weighted by molar-refractivity contribution is 5.77. The first-order chi connectivity index (χ1) is 7.89. The molecule has 0 radical (unpaired) electrons. The number of aliphatic hydroxyl groups is 1. The van der Waals surface area contributed by atoms with E-state index >= 15 is 0 Å². The van der Waals surface area contributed by atoms with E-state index in [-0.39, 0.29) is 5.91 Å². The first-order valence-corrected chi connectivity index (χ1v) is 6.60. The van der Waals surface area contributed by atoms with Crippen LogP contribution in [0.5, 0.6) is 0 Å². The molecule has 1 aliphatic heterocycles. The Hall–Kier alpha value is -0.610. The predicted octanol–water partition coefficient (Wildman–Crippen LogP) is 0.995. The fourth-order valence-electron chi connectivity index (χ4n) is 2.05. The van der Waals surface area contributed by atoms with Crippen LogP contribution >= 0.6 is 0 Å². The average Bonchev–Trinajstić information content (AvgIpc) is 2.37. The van der Waals surface area contributed by atoms with Crippen LogP contribution in [-0.2, 0) is 4.79 Å². The molecule has 100 valence electrons. The molecule has 1 atom stereocenters. The summed E-state index contributed by atoms with van der Waals surface area (Å²) in [7, 11) is 0. The lowest BCUT2D eigenvalue weighted by Crippen LogP contribution is -2.39. The number of rotatable bonds is 4. The van der Waals surface area contributed by atoms with Gasteiger partial charge in [-0.3, -0.25) is 9.69 Å². The number of nitrogens with zero attached hydrogens (tertiary/aromatic N) is 1. The highest BCUT2D eigenvalue weighted by atomic mass is 16.3. The van der Waals surface area contributed by atoms with Crippen LogP contribution in [0.25, 0.3) is 0 Å². The zero-order valence-electron chi connectivity index (χ0n) is 11.3. The Morgan fingerprint density at radius 3 is 2.76 bits per heavy atom. The van der Waals surface area contributed by atoms with E-state index < -0.39 is 5.60 Å². The van der Waals surface area contributed by atoms with Crippen molar-refractivity contribution in [2.45, 2.75) is 45.6 Å². The summed E-state index contributed by atoms with van der Waals surface area (Å²) in [5.74, 6) is 0.587. The van der Waals surface area contributed by atoms with Gasteiger partial charge in [-0.1, -0.05) is 13.8 Å². The lowest BCUT2D eigenvalue weighted by atomic mass is 9.98. The summed E-state index contributed by atoms with van der Waals surface area (Å²) in [4.78, 5) is 13.8. The molecule has 0 aromatic heterocycles. The minimum Gasteiger partial charge on any atom is -0.390 e. The largest absolute Gasteiger partial charge is 0.390 e. The highest BCUT2D eigenvalue weighted by Gasteiger charge is 2.25. The van der Waals surface area contributed by atoms with Gasteiger partial charge < -0.3 is 10.4 Å². The maximum Gasteiger partial charge on any atom is 0.234 e. The molecule has 1 fully saturated rings. The Balaban J connectivity index is 2.29. The Morgan fingerprint density at radius 1 is 1.41 bits per heavy atom. The van der Waals surface area contributed by atoms with Gasteiger partial charge in [0.25, 0.3) is 0 Å². The van der Waals surface area contributed by atoms with E-state index in [1.165, 1.54) is 0 Å². The van der Waals surface area contributed by atoms with Crippen molar-refractivity contribution in [2.75, 3.05) is 26.2 Å². The van der Waals surface area contributed by atoms with Crippen LogP contribution in [0.1, 0.15) is 40.0 Å². The van der Waals surface area contributed by atoms with Gasteiger partial charge in [0, 0.05) is 13.1 Å². The summed E-state index contributed by atoms with van der Waals surface area (Å²) < 4.78 is 0. The minimum atomic E-state index is -0.552. The minimum absolute atomic E-state index is 0.0974. The summed E-state index contributed by atoms with van der Waals surface area (Å²) in [6.07, 6.45) is 2.55. The van der Waals surface area contributed by atoms with Crippen molar-refractivity contribution in [1.29, 1.82) is 0 Å². The van der Waals surface area contributed by atoms with Gasteiger partial charge in [-0.15, -0.1) is 0 Å². The van der Waals surface area contributed by atoms with Gasteiger partial charge in [-0.05, 0) is 38.6 Å². The summed E-state index contributed by atoms with van der Waals surface area (Å²) in [6.45, 7) is 8.97. The summed E-state index contributed by atoms with van der Waals surface area (Å²) in [5.41, 5.74) is -0.552. The van der Waals surface area contributed by atoms with Crippen molar-refractivity contribution in [3.05, 3.63) is 0 Å². The molecule has 17 heavy (non-hydrogen) atoms. The summed E-state index contributed by atoms with van der Waals surface area (Å²) in [6, 6.07) is 0. The molecule has 0 aliphatic carbocycles. The van der Waals surface area contributed by atoms with E-state index in [4.69, 9.17) is 0 Å². The molecule has 1 rings (SSSR count). The molecule has 0 bridgehead atoms. The molecule has 0 aromatic carbocycles. The normalized spacial score (nSPS) is 26.9. The average molecular weight is 242 g/mol. The molecule has 1 saturated heterocycles. The number of likely N-dealkylation sites (tertiary alicyclic amines) is 1. The van der Waals surface area contributed by atoms with Gasteiger partial charge in [-0.2, -0.15) is 0 Å². The molecule has 0 spiro atoms. The van der Waals surface area contributed by atoms with Crippen molar-refractivity contribution in [3.63, 3.8) is 0 Å². The molecule has 4 nitrogen and oxygen atoms in total. The van der Waals surface area contributed by atoms with Crippen molar-refractivity contribution in [2.24, 2.45) is 5.92 Å². The zero-order valence-corrected chi connectivity index (χ0v) is 11.3. The zero-order chi connectivity index (χ0) is 12.9. The maximum absolute atomic E-state index is 11.7. The second kappa shape index (κ2) is 6.36. The summed E-state index contributed by atoms with van der Waals surface area (Å²) >= 11 is 0. The molecular formula is C13H26N2O2. The third-order valence-corrected chi connectivity index (χ3v) is 3.23. The van der Waals surface area contributed by atoms with Crippen LogP contribution < -0.4 is 5.32 Å². The lowest BCUT2D eigenvalue weighted by Gasteiger charge is -2.22. The van der Waals surface area contributed by atoms with Gasteiger partial charge in [0.15, 0.2) is 0 Å². The van der Waals surface area contributed by atoms with E-state index in [1.54, 1.807) is 0 Å². The van der Waals surface area contributed by atoms with E-state index in [9.17, 15) is 9.90 Å². The van der Waals surface area contributed by atoms with Crippen LogP contribution in [0.3, 0.4) is 0 Å². The van der Waals surface area contributed by atoms with Crippen molar-refractivity contribution in [1.82, 2.24) is 10.2 Å². The van der Waals surface area contributed by atoms with Gasteiger partial charge in [0.2, 0.25) is 5.91 Å². The smallest absolute Gasteiger partial charge is 0.234 e. The van der Waals surface area contributed by atoms with Crippen molar-refractivity contribution >= 4 is 5.91 Å². The second-order valence-corrected chi connectivity index (χ2v) is 5.82. The standard InChI is InChI=1S/C13H26N2O2/c1-11(2)9-14-12(16)10-15-7-4-5-13(3,17)6-8-15/h11,17H,4-10H2,1-3H3,(H,14,16). The van der Waals surface area contributed by atoms with Crippen molar-refractivity contribution in [3.8, 4) is 0 Å². The lowest BCUT2D eigenvalue weighted by molar-refractivity contribution is -0.122. The molecule has 0 aromatic rings. The van der Waals surface area contributed by atoms with Crippen LogP contribution in [0.15, 0.2) is 0 Å². The fourth-order valence-corrected chi connectivity index (χ4v) is 2.05. The second-order valence-electron chi connectivity index (χ2n) is 5.82. The summed E-state index contributed by atoms with van der Waals surface area (Å²) in [5, 5.41) is 12.9. The number of nitrogens with one attached hydrogen (secondary N) is 1. The number of hydrogen-bond acceptors (Lipinski definition) is 3. The molecule has 1 aliphatic rings. The highest BCUT2D eigenvalue weighted by Crippen LogP contribution is 2.20. The van der Waals surface area contributed by atoms with Crippen LogP contribution in [0.4, 0.5) is 0 Å². The van der Waals surface area contributed by atoms with E-state index in [1.807, 2.05) is 6.92 Å². The first-order valence-electron chi connectivity index (χ1n) is 6.60. The van der Waals surface area contributed by atoms with Gasteiger partial charge >= 0.3 is 0 Å². The molecule has 1 amide bonds. The third kappa shape index (κ3) is 6.03. The fraction of sp³-hybridized carbons (Fsp3) is 0.923. The topological polar surface area (TPSA) is 52.6 Å². The molecular weight excluding hydrogens is 216 g/mol. The van der Waals surface area contributed by atoms with Gasteiger partial charge in [0.1, 0.15) is 0 Å². The van der Waals surface area contributed by atoms with Crippen molar-refractivity contribution < 1.29 is 9.90 Å². The quantitative estimate of drug-likeness (QED) is 0.773. The monoisotopic (exact) mass is 242 g/mol. The van der Waals surface area contributed by atoms with Gasteiger partial charge in [-0.25, -0.2) is 0 Å². The number of carbonyl (C=O) groups excluding carboxylic acids is 1. The van der Waals surface area contributed by atoms with E-state index in [0.717, 1.165) is 38.9 Å². The van der Waals surface area contributed by atoms with E-state index in [0.29, 0.717) is 12.5 Å². The Morgan fingerprint density at radius 2 is 2.12 bits per heavy atom. The molecule has 4 heteroatoms. The molecule has 0 saturated carbocycles. The third-order valence-electron chi connectivity index (χ3n) is 3.23. The molecule has 1 heterocycles. The predicted molar refractivity (Wildman–Crippen MR) is 68.8 cm³/mol. The first kappa shape index (κ1) is 14.5. The van der Waals surface area contributed by atoms with Crippen LogP contribution in [0, 0.1) is 5.92 Å². The Labute approximate surface area is 104 Å². The van der Waals surface area contributed by atoms with Gasteiger partial charge in [0.05, 0.1) is 12.1 Å². The SMILES string of the molecule is CC(C)CNC(=O)CN1CCCC(C)(O)CC1. The molecule has 1 unspecified atom stereocenters. The number of amides is 1. The molecule has 2 N–H and O–H groups in total. The number of carbonyl (C=O) groups is 1. The maximum atomic E-state index is 11.7. The van der Waals surface area contributed by atoms with Crippen LogP contribution in [0.2, 0.25) is 0 Å². The Bertz CT molecular complexity index is 252.